The molecule has 5 aromatic rings. The van der Waals surface area contributed by atoms with Crippen molar-refractivity contribution < 1.29 is 13.2 Å². The van der Waals surface area contributed by atoms with E-state index < -0.39 is 17.1 Å². The van der Waals surface area contributed by atoms with Crippen LogP contribution in [0.1, 0.15) is 36.7 Å². The van der Waals surface area contributed by atoms with Crippen molar-refractivity contribution in [1.29, 1.82) is 0 Å². The maximum Gasteiger partial charge on any atom is 0.434 e. The smallest absolute Gasteiger partial charge is 0.348 e. The van der Waals surface area contributed by atoms with Gasteiger partial charge in [-0.3, -0.25) is 9.55 Å². The molecule has 4 aromatic heterocycles. The molecular formula is C25H25B3F3N7O. The van der Waals surface area contributed by atoms with Crippen LogP contribution in [0.3, 0.4) is 0 Å². The minimum Gasteiger partial charge on any atom is -0.348 e. The highest BCUT2D eigenvalue weighted by atomic mass is 19.4. The fourth-order valence-corrected chi connectivity index (χ4v) is 4.46. The van der Waals surface area contributed by atoms with Crippen LogP contribution in [-0.2, 0) is 18.0 Å². The van der Waals surface area contributed by atoms with Crippen molar-refractivity contribution in [2.75, 3.05) is 0 Å². The Hall–Kier alpha value is -4.09. The summed E-state index contributed by atoms with van der Waals surface area (Å²) in [7, 11) is 5.46. The van der Waals surface area contributed by atoms with Gasteiger partial charge in [-0.15, -0.1) is 0 Å². The second-order valence-electron chi connectivity index (χ2n) is 10.7. The third-order valence-electron chi connectivity index (χ3n) is 6.41. The minimum absolute atomic E-state index is 0.161. The number of pyridine rings is 1. The molecule has 0 atom stereocenters. The van der Waals surface area contributed by atoms with Crippen LogP contribution in [0.15, 0.2) is 59.8 Å². The molecule has 0 saturated carbocycles. The lowest BCUT2D eigenvalue weighted by molar-refractivity contribution is -0.140. The van der Waals surface area contributed by atoms with Crippen molar-refractivity contribution in [3.8, 4) is 22.8 Å². The van der Waals surface area contributed by atoms with Gasteiger partial charge in [-0.2, -0.15) is 13.2 Å². The number of fused-ring (bicyclic) bond motifs is 1. The molecule has 0 aliphatic heterocycles. The molecule has 14 heteroatoms. The third-order valence-corrected chi connectivity index (χ3v) is 6.41. The summed E-state index contributed by atoms with van der Waals surface area (Å²) in [5.41, 5.74) is 2.65. The van der Waals surface area contributed by atoms with Crippen LogP contribution in [0.25, 0.3) is 33.9 Å². The summed E-state index contributed by atoms with van der Waals surface area (Å²) in [6, 6.07) is 10.7. The SMILES string of the molecule is BC(B)(B)n1cc(C(F)(F)F)nc1-c1ccc(Cn2c(=O)[nH]c3cnc(-c4cccnc4C(C)C)nc32)cc1. The number of halogens is 3. The van der Waals surface area contributed by atoms with Crippen molar-refractivity contribution in [1.82, 2.24) is 34.1 Å². The van der Waals surface area contributed by atoms with Crippen LogP contribution in [-0.4, -0.2) is 57.6 Å². The summed E-state index contributed by atoms with van der Waals surface area (Å²) in [5, 5.41) is -0.608. The van der Waals surface area contributed by atoms with Gasteiger partial charge >= 0.3 is 11.9 Å². The molecule has 0 aliphatic carbocycles. The number of aromatic nitrogens is 7. The molecule has 196 valence electrons. The van der Waals surface area contributed by atoms with E-state index in [4.69, 9.17) is 4.98 Å². The minimum atomic E-state index is -4.55. The second-order valence-corrected chi connectivity index (χ2v) is 10.7. The molecule has 4 heterocycles. The number of nitrogens with zero attached hydrogens (tertiary/aromatic N) is 6. The van der Waals surface area contributed by atoms with Gasteiger partial charge in [0.25, 0.3) is 0 Å². The molecule has 8 nitrogen and oxygen atoms in total. The number of aromatic amines is 1. The lowest BCUT2D eigenvalue weighted by atomic mass is 9.49. The zero-order valence-corrected chi connectivity index (χ0v) is 22.2. The molecular weight excluding hydrogens is 504 g/mol. The van der Waals surface area contributed by atoms with Crippen LogP contribution >= 0.6 is 0 Å². The first-order chi connectivity index (χ1) is 18.3. The van der Waals surface area contributed by atoms with Gasteiger partial charge in [0.1, 0.15) is 34.9 Å². The van der Waals surface area contributed by atoms with E-state index in [-0.39, 0.29) is 24.0 Å². The van der Waals surface area contributed by atoms with E-state index in [9.17, 15) is 18.0 Å². The van der Waals surface area contributed by atoms with Gasteiger partial charge < -0.3 is 9.55 Å². The quantitative estimate of drug-likeness (QED) is 0.339. The Bertz CT molecular complexity index is 1720. The van der Waals surface area contributed by atoms with Gasteiger partial charge in [0.15, 0.2) is 17.2 Å². The summed E-state index contributed by atoms with van der Waals surface area (Å²) in [4.78, 5) is 33.1. The Balaban J connectivity index is 1.50. The average molecular weight is 529 g/mol. The summed E-state index contributed by atoms with van der Waals surface area (Å²) < 4.78 is 43.2. The third kappa shape index (κ3) is 5.15. The van der Waals surface area contributed by atoms with Crippen LogP contribution in [0.5, 0.6) is 0 Å². The molecule has 0 spiro atoms. The van der Waals surface area contributed by atoms with E-state index in [2.05, 4.69) is 19.9 Å². The van der Waals surface area contributed by atoms with E-state index in [1.165, 1.54) is 9.13 Å². The maximum atomic E-state index is 13.4. The molecule has 1 N–H and O–H groups in total. The highest BCUT2D eigenvalue weighted by molar-refractivity contribution is 6.56. The van der Waals surface area contributed by atoms with Gasteiger partial charge in [-0.05, 0) is 28.9 Å². The van der Waals surface area contributed by atoms with Crippen LogP contribution in [0, 0.1) is 0 Å². The molecule has 0 unspecified atom stereocenters. The largest absolute Gasteiger partial charge is 0.434 e. The average Bonchev–Trinajstić information content (AvgIpc) is 3.46. The fraction of sp³-hybridized carbons (Fsp3) is 0.240. The number of hydrogen-bond acceptors (Lipinski definition) is 5. The Labute approximate surface area is 225 Å². The van der Waals surface area contributed by atoms with Crippen molar-refractivity contribution in [2.45, 2.75) is 37.7 Å². The van der Waals surface area contributed by atoms with E-state index in [0.717, 1.165) is 23.0 Å². The van der Waals surface area contributed by atoms with E-state index in [1.54, 1.807) is 36.7 Å². The molecule has 39 heavy (non-hydrogen) atoms. The molecule has 0 saturated heterocycles. The predicted octanol–water partition coefficient (Wildman–Crippen LogP) is 1.70. The van der Waals surface area contributed by atoms with E-state index >= 15 is 0 Å². The first-order valence-corrected chi connectivity index (χ1v) is 12.5. The summed E-state index contributed by atoms with van der Waals surface area (Å²) >= 11 is 0. The number of hydrogen-bond donors (Lipinski definition) is 1. The van der Waals surface area contributed by atoms with Gasteiger partial charge in [0, 0.05) is 23.5 Å². The first kappa shape index (κ1) is 26.5. The number of alkyl halides is 3. The lowest BCUT2D eigenvalue weighted by Crippen LogP contribution is -2.35. The fourth-order valence-electron chi connectivity index (χ4n) is 4.46. The summed E-state index contributed by atoms with van der Waals surface area (Å²) in [5.74, 6) is 0.853. The zero-order chi connectivity index (χ0) is 28.1. The topological polar surface area (TPSA) is 94.3 Å². The van der Waals surface area contributed by atoms with Gasteiger partial charge in [-0.25, -0.2) is 19.7 Å². The van der Waals surface area contributed by atoms with Crippen molar-refractivity contribution in [2.24, 2.45) is 0 Å². The number of H-pyrrole nitrogens is 1. The Morgan fingerprint density at radius 1 is 1.03 bits per heavy atom. The van der Waals surface area contributed by atoms with E-state index in [0.29, 0.717) is 22.6 Å². The highest BCUT2D eigenvalue weighted by Gasteiger charge is 2.36. The standard InChI is InChI=1S/C25H25B3F3N7O/c1-13(2)19-16(4-3-9-32-19)20-33-10-17-22(36-20)37(23(39)34-17)11-14-5-7-15(8-6-14)21-35-18(24(29,30)31)12-38(21)25(26,27)28/h3-10,12-13H,11,26-28H2,1-2H3,(H,34,39). The normalized spacial score (nSPS) is 12.5. The Morgan fingerprint density at radius 2 is 1.74 bits per heavy atom. The highest BCUT2D eigenvalue weighted by Crippen LogP contribution is 2.32. The molecule has 0 radical (unpaired) electrons. The first-order valence-electron chi connectivity index (χ1n) is 12.5. The van der Waals surface area contributed by atoms with Gasteiger partial charge in [-0.1, -0.05) is 38.1 Å². The van der Waals surface area contributed by atoms with Crippen LogP contribution in [0.2, 0.25) is 0 Å². The molecule has 0 amide bonds. The predicted molar refractivity (Wildman–Crippen MR) is 151 cm³/mol. The summed E-state index contributed by atoms with van der Waals surface area (Å²) in [6.07, 6.45) is -0.196. The molecule has 5 rings (SSSR count). The number of benzene rings is 1. The molecule has 0 aliphatic rings. The lowest BCUT2D eigenvalue weighted by Gasteiger charge is -2.23. The number of imidazole rings is 2. The summed E-state index contributed by atoms with van der Waals surface area (Å²) in [6.45, 7) is 4.29. The van der Waals surface area contributed by atoms with Crippen molar-refractivity contribution in [3.05, 3.63) is 82.4 Å². The zero-order valence-electron chi connectivity index (χ0n) is 22.2. The number of nitrogens with one attached hydrogen (secondary N) is 1. The molecule has 0 bridgehead atoms. The van der Waals surface area contributed by atoms with Crippen LogP contribution in [0.4, 0.5) is 13.2 Å². The Kier molecular flexibility index (Phi) is 6.52. The van der Waals surface area contributed by atoms with Gasteiger partial charge in [0.2, 0.25) is 0 Å². The molecule has 1 aromatic carbocycles. The number of rotatable bonds is 6. The molecule has 0 fully saturated rings. The van der Waals surface area contributed by atoms with Gasteiger partial charge in [0.05, 0.1) is 18.4 Å². The maximum absolute atomic E-state index is 13.4. The van der Waals surface area contributed by atoms with Crippen molar-refractivity contribution in [3.63, 3.8) is 0 Å². The second kappa shape index (κ2) is 9.58. The Morgan fingerprint density at radius 3 is 2.38 bits per heavy atom. The van der Waals surface area contributed by atoms with E-state index in [1.807, 2.05) is 49.5 Å². The van der Waals surface area contributed by atoms with Crippen LogP contribution < -0.4 is 5.69 Å². The van der Waals surface area contributed by atoms with Crippen molar-refractivity contribution >= 4 is 34.7 Å². The monoisotopic (exact) mass is 529 g/mol.